The number of benzene rings is 1. The molecule has 5 N–H and O–H groups in total. The summed E-state index contributed by atoms with van der Waals surface area (Å²) in [5.41, 5.74) is 0.0783. The monoisotopic (exact) mass is 675 g/mol. The molecule has 0 aliphatic carbocycles. The van der Waals surface area contributed by atoms with Gasteiger partial charge in [-0.2, -0.15) is 0 Å². The van der Waals surface area contributed by atoms with Gasteiger partial charge in [-0.05, 0) is 76.7 Å². The molecule has 0 bridgehead atoms. The lowest BCUT2D eigenvalue weighted by Gasteiger charge is -2.32. The number of aliphatic hydroxyl groups is 1. The van der Waals surface area contributed by atoms with Crippen LogP contribution in [0.2, 0.25) is 0 Å². The van der Waals surface area contributed by atoms with Crippen LogP contribution < -0.4 is 21.3 Å². The van der Waals surface area contributed by atoms with E-state index in [-0.39, 0.29) is 43.3 Å². The average molecular weight is 676 g/mol. The molecule has 5 amide bonds. The lowest BCUT2D eigenvalue weighted by molar-refractivity contribution is -0.143. The summed E-state index contributed by atoms with van der Waals surface area (Å²) in [7, 11) is 0. The maximum atomic E-state index is 13.8. The van der Waals surface area contributed by atoms with Crippen LogP contribution >= 0.6 is 0 Å². The normalized spacial score (nSPS) is 16.5. The zero-order valence-corrected chi connectivity index (χ0v) is 29.7. The van der Waals surface area contributed by atoms with E-state index in [0.717, 1.165) is 5.56 Å². The van der Waals surface area contributed by atoms with E-state index in [4.69, 9.17) is 9.47 Å². The van der Waals surface area contributed by atoms with E-state index < -0.39 is 47.9 Å². The lowest BCUT2D eigenvalue weighted by Crippen LogP contribution is -2.58. The molecular formula is C35H57N5O8. The highest BCUT2D eigenvalue weighted by atomic mass is 16.6. The molecule has 13 nitrogen and oxygen atoms in total. The van der Waals surface area contributed by atoms with Crippen molar-refractivity contribution in [2.45, 2.75) is 123 Å². The fraction of sp³-hybridized carbons (Fsp3) is 0.686. The fourth-order valence-corrected chi connectivity index (χ4v) is 5.45. The lowest BCUT2D eigenvalue weighted by atomic mass is 10.0. The highest BCUT2D eigenvalue weighted by molar-refractivity contribution is 5.94. The molecule has 13 heteroatoms. The number of likely N-dealkylation sites (tertiary alicyclic amines) is 1. The van der Waals surface area contributed by atoms with Crippen LogP contribution in [0.25, 0.3) is 0 Å². The topological polar surface area (TPSA) is 175 Å². The number of rotatable bonds is 17. The molecule has 1 aliphatic rings. The van der Waals surface area contributed by atoms with Crippen LogP contribution in [0.3, 0.4) is 0 Å². The van der Waals surface area contributed by atoms with Crippen molar-refractivity contribution in [3.63, 3.8) is 0 Å². The molecule has 270 valence electrons. The largest absolute Gasteiger partial charge is 0.445 e. The first kappa shape index (κ1) is 40.3. The van der Waals surface area contributed by atoms with Crippen LogP contribution in [0.5, 0.6) is 0 Å². The van der Waals surface area contributed by atoms with Crippen molar-refractivity contribution in [1.29, 1.82) is 0 Å². The van der Waals surface area contributed by atoms with Gasteiger partial charge in [-0.3, -0.25) is 14.4 Å². The number of nitrogens with one attached hydrogen (secondary N) is 4. The zero-order valence-electron chi connectivity index (χ0n) is 29.7. The standard InChI is InChI=1S/C35H57N5O8/c1-23(2)20-26(21-41)37-31(43)28-17-13-19-40(28)32(44)29(24(3)4)39-30(42)27(38-34(46)48-35(5,6)7)16-11-12-18-36-33(45)47-22-25-14-9-8-10-15-25/h8-10,14-15,23-24,26-29,41H,11-13,16-22H2,1-7H3,(H,36,45)(H,37,43)(H,38,46)(H,39,42)/t26-,27-,28-,29-/m0/s1. The van der Waals surface area contributed by atoms with E-state index in [1.165, 1.54) is 4.90 Å². The molecule has 48 heavy (non-hydrogen) atoms. The van der Waals surface area contributed by atoms with E-state index in [2.05, 4.69) is 21.3 Å². The van der Waals surface area contributed by atoms with Gasteiger partial charge in [0.25, 0.3) is 0 Å². The number of carbonyl (C=O) groups is 5. The maximum Gasteiger partial charge on any atom is 0.408 e. The van der Waals surface area contributed by atoms with Crippen LogP contribution in [-0.4, -0.2) is 89.4 Å². The molecule has 0 unspecified atom stereocenters. The fourth-order valence-electron chi connectivity index (χ4n) is 5.45. The summed E-state index contributed by atoms with van der Waals surface area (Å²) in [4.78, 5) is 66.9. The number of amides is 5. The van der Waals surface area contributed by atoms with Gasteiger partial charge in [-0.15, -0.1) is 0 Å². The number of carbonyl (C=O) groups excluding carboxylic acids is 5. The van der Waals surface area contributed by atoms with Crippen molar-refractivity contribution in [1.82, 2.24) is 26.2 Å². The van der Waals surface area contributed by atoms with Gasteiger partial charge in [0.15, 0.2) is 0 Å². The van der Waals surface area contributed by atoms with Crippen molar-refractivity contribution in [2.75, 3.05) is 19.7 Å². The highest BCUT2D eigenvalue weighted by Gasteiger charge is 2.40. The summed E-state index contributed by atoms with van der Waals surface area (Å²) in [6.07, 6.45) is 1.58. The first-order valence-electron chi connectivity index (χ1n) is 17.1. The Labute approximate surface area is 285 Å². The first-order chi connectivity index (χ1) is 22.6. The average Bonchev–Trinajstić information content (AvgIpc) is 3.51. The van der Waals surface area contributed by atoms with Gasteiger partial charge >= 0.3 is 12.2 Å². The van der Waals surface area contributed by atoms with Crippen molar-refractivity contribution >= 4 is 29.9 Å². The minimum absolute atomic E-state index is 0.147. The molecule has 1 aliphatic heterocycles. The Morgan fingerprint density at radius 2 is 1.65 bits per heavy atom. The molecule has 0 saturated carbocycles. The second-order valence-corrected chi connectivity index (χ2v) is 14.1. The Bertz CT molecular complexity index is 1190. The van der Waals surface area contributed by atoms with Crippen LogP contribution in [0.1, 0.15) is 92.6 Å². The number of nitrogens with zero attached hydrogens (tertiary/aromatic N) is 1. The van der Waals surface area contributed by atoms with Crippen LogP contribution in [0.4, 0.5) is 9.59 Å². The minimum atomic E-state index is -1.02. The van der Waals surface area contributed by atoms with E-state index in [1.54, 1.807) is 34.6 Å². The van der Waals surface area contributed by atoms with Crippen LogP contribution in [-0.2, 0) is 30.5 Å². The Balaban J connectivity index is 2.03. The van der Waals surface area contributed by atoms with E-state index in [0.29, 0.717) is 45.2 Å². The molecule has 1 aromatic carbocycles. The molecule has 1 aromatic rings. The minimum Gasteiger partial charge on any atom is -0.445 e. The summed E-state index contributed by atoms with van der Waals surface area (Å²) < 4.78 is 10.6. The third kappa shape index (κ3) is 14.5. The predicted octanol–water partition coefficient (Wildman–Crippen LogP) is 3.63. The number of hydrogen-bond donors (Lipinski definition) is 5. The number of alkyl carbamates (subject to hydrolysis) is 2. The molecule has 0 radical (unpaired) electrons. The van der Waals surface area contributed by atoms with Crippen LogP contribution in [0, 0.1) is 11.8 Å². The van der Waals surface area contributed by atoms with Crippen LogP contribution in [0.15, 0.2) is 30.3 Å². The Morgan fingerprint density at radius 3 is 2.25 bits per heavy atom. The number of hydrogen-bond acceptors (Lipinski definition) is 8. The smallest absolute Gasteiger partial charge is 0.408 e. The summed E-state index contributed by atoms with van der Waals surface area (Å²) in [6, 6.07) is 6.23. The maximum absolute atomic E-state index is 13.8. The molecule has 4 atom stereocenters. The second-order valence-electron chi connectivity index (χ2n) is 14.1. The van der Waals surface area contributed by atoms with Gasteiger partial charge in [0, 0.05) is 13.1 Å². The second kappa shape index (κ2) is 19.8. The molecule has 2 rings (SSSR count). The molecule has 0 aromatic heterocycles. The number of unbranched alkanes of at least 4 members (excludes halogenated alkanes) is 1. The SMILES string of the molecule is CC(C)C[C@@H](CO)NC(=O)[C@@H]1CCCN1C(=O)[C@@H](NC(=O)[C@H](CCCCNC(=O)OCc1ccccc1)NC(=O)OC(C)(C)C)C(C)C. The van der Waals surface area contributed by atoms with Gasteiger partial charge < -0.3 is 40.7 Å². The predicted molar refractivity (Wildman–Crippen MR) is 182 cm³/mol. The highest BCUT2D eigenvalue weighted by Crippen LogP contribution is 2.21. The molecule has 1 fully saturated rings. The van der Waals surface area contributed by atoms with Gasteiger partial charge in [0.1, 0.15) is 30.3 Å². The molecule has 0 spiro atoms. The van der Waals surface area contributed by atoms with Gasteiger partial charge in [-0.25, -0.2) is 9.59 Å². The van der Waals surface area contributed by atoms with E-state index >= 15 is 0 Å². The molecular weight excluding hydrogens is 618 g/mol. The van der Waals surface area contributed by atoms with Gasteiger partial charge in [0.05, 0.1) is 12.6 Å². The number of aliphatic hydroxyl groups excluding tert-OH is 1. The van der Waals surface area contributed by atoms with Crippen molar-refractivity contribution in [2.24, 2.45) is 11.8 Å². The first-order valence-corrected chi connectivity index (χ1v) is 17.1. The third-order valence-electron chi connectivity index (χ3n) is 7.80. The quantitative estimate of drug-likeness (QED) is 0.156. The van der Waals surface area contributed by atoms with Crippen molar-refractivity contribution in [3.8, 4) is 0 Å². The zero-order chi connectivity index (χ0) is 35.9. The van der Waals surface area contributed by atoms with E-state index in [1.807, 2.05) is 44.2 Å². The summed E-state index contributed by atoms with van der Waals surface area (Å²) in [5, 5.41) is 20.8. The van der Waals surface area contributed by atoms with Gasteiger partial charge in [-0.1, -0.05) is 58.0 Å². The molecule has 1 saturated heterocycles. The summed E-state index contributed by atoms with van der Waals surface area (Å²) in [6.45, 7) is 13.4. The van der Waals surface area contributed by atoms with E-state index in [9.17, 15) is 29.1 Å². The Hall–Kier alpha value is -3.87. The van der Waals surface area contributed by atoms with Gasteiger partial charge in [0.2, 0.25) is 17.7 Å². The molecule has 1 heterocycles. The van der Waals surface area contributed by atoms with Crippen molar-refractivity contribution in [3.05, 3.63) is 35.9 Å². The summed E-state index contributed by atoms with van der Waals surface area (Å²) in [5.74, 6) is -1.30. The number of ether oxygens (including phenoxy) is 2. The van der Waals surface area contributed by atoms with Crippen molar-refractivity contribution < 1.29 is 38.6 Å². The third-order valence-corrected chi connectivity index (χ3v) is 7.80. The Kier molecular flexibility index (Phi) is 16.7. The summed E-state index contributed by atoms with van der Waals surface area (Å²) >= 11 is 0. The Morgan fingerprint density at radius 1 is 0.958 bits per heavy atom.